The van der Waals surface area contributed by atoms with E-state index in [4.69, 9.17) is 9.15 Å². The molecule has 0 radical (unpaired) electrons. The zero-order chi connectivity index (χ0) is 12.0. The number of hydrogen-bond donors (Lipinski definition) is 1. The Balaban J connectivity index is 2.10. The van der Waals surface area contributed by atoms with Gasteiger partial charge >= 0.3 is 4.94 Å². The van der Waals surface area contributed by atoms with E-state index in [1.807, 2.05) is 0 Å². The summed E-state index contributed by atoms with van der Waals surface area (Å²) in [6.45, 7) is 0. The van der Waals surface area contributed by atoms with Gasteiger partial charge < -0.3 is 14.3 Å². The number of benzene rings is 1. The number of aliphatic hydroxyl groups is 1. The molecule has 0 saturated heterocycles. The third kappa shape index (κ3) is 1.96. The lowest BCUT2D eigenvalue weighted by molar-refractivity contribution is 0.150. The molecule has 1 saturated carbocycles. The third-order valence-electron chi connectivity index (χ3n) is 3.08. The van der Waals surface area contributed by atoms with Gasteiger partial charge in [0.05, 0.1) is 17.4 Å². The van der Waals surface area contributed by atoms with E-state index in [0.29, 0.717) is 17.8 Å². The van der Waals surface area contributed by atoms with Gasteiger partial charge in [-0.15, -0.1) is 0 Å². The lowest BCUT2D eigenvalue weighted by atomic mass is 10.1. The van der Waals surface area contributed by atoms with Gasteiger partial charge in [0.1, 0.15) is 11.3 Å². The molecule has 0 bridgehead atoms. The molecular formula is C12H12O4S. The zero-order valence-corrected chi connectivity index (χ0v) is 10.2. The molecule has 1 fully saturated rings. The SMILES string of the molecule is COc1cc2sc(=O)oc2cc1CC1(O)CC1. The van der Waals surface area contributed by atoms with Crippen molar-refractivity contribution < 1.29 is 14.3 Å². The summed E-state index contributed by atoms with van der Waals surface area (Å²) in [5.74, 6) is 0.704. The summed E-state index contributed by atoms with van der Waals surface area (Å²) in [4.78, 5) is 10.8. The van der Waals surface area contributed by atoms with Gasteiger partial charge in [-0.2, -0.15) is 0 Å². The van der Waals surface area contributed by atoms with E-state index in [1.165, 1.54) is 0 Å². The van der Waals surface area contributed by atoms with Crippen LogP contribution in [0.25, 0.3) is 10.3 Å². The maximum Gasteiger partial charge on any atom is 0.396 e. The van der Waals surface area contributed by atoms with Crippen LogP contribution in [-0.4, -0.2) is 17.8 Å². The fraction of sp³-hybridized carbons (Fsp3) is 0.417. The van der Waals surface area contributed by atoms with Gasteiger partial charge in [-0.3, -0.25) is 0 Å². The summed E-state index contributed by atoms with van der Waals surface area (Å²) in [6, 6.07) is 3.59. The smallest absolute Gasteiger partial charge is 0.396 e. The van der Waals surface area contributed by atoms with Crippen molar-refractivity contribution in [2.24, 2.45) is 0 Å². The van der Waals surface area contributed by atoms with Gasteiger partial charge in [0.15, 0.2) is 0 Å². The van der Waals surface area contributed by atoms with Crippen molar-refractivity contribution in [3.63, 3.8) is 0 Å². The molecule has 0 amide bonds. The summed E-state index contributed by atoms with van der Waals surface area (Å²) in [5.41, 5.74) is 0.874. The normalized spacial score (nSPS) is 17.3. The first-order chi connectivity index (χ1) is 8.09. The monoisotopic (exact) mass is 252 g/mol. The van der Waals surface area contributed by atoms with Crippen LogP contribution in [0.3, 0.4) is 0 Å². The Morgan fingerprint density at radius 2 is 2.29 bits per heavy atom. The Bertz CT molecular complexity index is 621. The largest absolute Gasteiger partial charge is 0.496 e. The van der Waals surface area contributed by atoms with E-state index in [9.17, 15) is 9.90 Å². The standard InChI is InChI=1S/C12H12O4S/c1-15-8-5-10-9(16-11(13)17-10)4-7(8)6-12(14)2-3-12/h4-5,14H,2-3,6H2,1H3. The molecule has 1 aromatic carbocycles. The zero-order valence-electron chi connectivity index (χ0n) is 9.36. The average Bonchev–Trinajstić information content (AvgIpc) is 2.88. The van der Waals surface area contributed by atoms with Gasteiger partial charge in [-0.05, 0) is 18.9 Å². The molecule has 1 aliphatic rings. The lowest BCUT2D eigenvalue weighted by Gasteiger charge is -2.11. The lowest BCUT2D eigenvalue weighted by Crippen LogP contribution is -2.11. The van der Waals surface area contributed by atoms with Crippen LogP contribution >= 0.6 is 11.3 Å². The maximum atomic E-state index is 11.2. The van der Waals surface area contributed by atoms with Crippen LogP contribution in [0.2, 0.25) is 0 Å². The molecular weight excluding hydrogens is 240 g/mol. The average molecular weight is 252 g/mol. The number of ether oxygens (including phenoxy) is 1. The molecule has 5 heteroatoms. The highest BCUT2D eigenvalue weighted by molar-refractivity contribution is 7.16. The fourth-order valence-corrected chi connectivity index (χ4v) is 2.63. The van der Waals surface area contributed by atoms with E-state index in [2.05, 4.69) is 0 Å². The number of fused-ring (bicyclic) bond motifs is 1. The highest BCUT2D eigenvalue weighted by Crippen LogP contribution is 2.41. The molecule has 4 nitrogen and oxygen atoms in total. The van der Waals surface area contributed by atoms with Gasteiger partial charge in [0, 0.05) is 18.1 Å². The van der Waals surface area contributed by atoms with Gasteiger partial charge in [-0.25, -0.2) is 4.79 Å². The Morgan fingerprint density at radius 3 is 2.94 bits per heavy atom. The van der Waals surface area contributed by atoms with Crippen molar-refractivity contribution in [1.82, 2.24) is 0 Å². The highest BCUT2D eigenvalue weighted by Gasteiger charge is 2.40. The summed E-state index contributed by atoms with van der Waals surface area (Å²) in [7, 11) is 1.59. The van der Waals surface area contributed by atoms with E-state index >= 15 is 0 Å². The van der Waals surface area contributed by atoms with Gasteiger partial charge in [0.2, 0.25) is 0 Å². The summed E-state index contributed by atoms with van der Waals surface area (Å²) in [5, 5.41) is 9.93. The van der Waals surface area contributed by atoms with Crippen LogP contribution < -0.4 is 9.68 Å². The van der Waals surface area contributed by atoms with E-state index in [0.717, 1.165) is 34.4 Å². The van der Waals surface area contributed by atoms with Crippen LogP contribution in [0.15, 0.2) is 21.3 Å². The Hall–Kier alpha value is -1.33. The molecule has 1 aliphatic carbocycles. The molecule has 1 aromatic heterocycles. The third-order valence-corrected chi connectivity index (χ3v) is 3.87. The molecule has 0 spiro atoms. The molecule has 17 heavy (non-hydrogen) atoms. The second-order valence-electron chi connectivity index (χ2n) is 4.47. The second kappa shape index (κ2) is 3.58. The van der Waals surface area contributed by atoms with Crippen molar-refractivity contribution in [3.05, 3.63) is 27.4 Å². The van der Waals surface area contributed by atoms with Crippen LogP contribution in [0, 0.1) is 0 Å². The quantitative estimate of drug-likeness (QED) is 0.906. The molecule has 2 aromatic rings. The van der Waals surface area contributed by atoms with Crippen molar-refractivity contribution in [3.8, 4) is 5.75 Å². The fourth-order valence-electron chi connectivity index (χ4n) is 1.95. The van der Waals surface area contributed by atoms with Crippen LogP contribution in [0.4, 0.5) is 0 Å². The number of methoxy groups -OCH3 is 1. The maximum absolute atomic E-state index is 11.2. The molecule has 3 rings (SSSR count). The molecule has 0 aliphatic heterocycles. The van der Waals surface area contributed by atoms with E-state index in [1.54, 1.807) is 19.2 Å². The first-order valence-electron chi connectivity index (χ1n) is 5.43. The topological polar surface area (TPSA) is 59.7 Å². The number of hydrogen-bond acceptors (Lipinski definition) is 5. The molecule has 90 valence electrons. The molecule has 1 N–H and O–H groups in total. The van der Waals surface area contributed by atoms with Crippen LogP contribution in [0.1, 0.15) is 18.4 Å². The highest BCUT2D eigenvalue weighted by atomic mass is 32.1. The summed E-state index contributed by atoms with van der Waals surface area (Å²) in [6.07, 6.45) is 2.19. The van der Waals surface area contributed by atoms with Crippen LogP contribution in [0.5, 0.6) is 5.75 Å². The predicted molar refractivity (Wildman–Crippen MR) is 64.8 cm³/mol. The van der Waals surface area contributed by atoms with Gasteiger partial charge in [0.25, 0.3) is 0 Å². The second-order valence-corrected chi connectivity index (χ2v) is 5.44. The minimum absolute atomic E-state index is 0.315. The minimum atomic E-state index is -0.586. The van der Waals surface area contributed by atoms with Crippen molar-refractivity contribution in [2.75, 3.05) is 7.11 Å². The van der Waals surface area contributed by atoms with Crippen molar-refractivity contribution >= 4 is 21.6 Å². The summed E-state index contributed by atoms with van der Waals surface area (Å²) >= 11 is 1.06. The Labute approximate surface area is 101 Å². The first-order valence-corrected chi connectivity index (χ1v) is 6.24. The van der Waals surface area contributed by atoms with Crippen LogP contribution in [-0.2, 0) is 6.42 Å². The predicted octanol–water partition coefficient (Wildman–Crippen LogP) is 1.93. The molecule has 0 atom stereocenters. The van der Waals surface area contributed by atoms with E-state index in [-0.39, 0.29) is 4.94 Å². The van der Waals surface area contributed by atoms with Crippen molar-refractivity contribution in [2.45, 2.75) is 24.9 Å². The minimum Gasteiger partial charge on any atom is -0.496 e. The number of rotatable bonds is 3. The van der Waals surface area contributed by atoms with Gasteiger partial charge in [-0.1, -0.05) is 11.3 Å². The Kier molecular flexibility index (Phi) is 2.27. The molecule has 0 unspecified atom stereocenters. The molecule has 1 heterocycles. The van der Waals surface area contributed by atoms with E-state index < -0.39 is 5.60 Å². The summed E-state index contributed by atoms with van der Waals surface area (Å²) < 4.78 is 11.1. The van der Waals surface area contributed by atoms with Crippen molar-refractivity contribution in [1.29, 1.82) is 0 Å². The Morgan fingerprint density at radius 1 is 1.53 bits per heavy atom. The first kappa shape index (κ1) is 10.8.